The molecule has 0 aliphatic carbocycles. The molecule has 0 saturated carbocycles. The Bertz CT molecular complexity index is 1250. The van der Waals surface area contributed by atoms with E-state index in [1.54, 1.807) is 0 Å². The Balaban J connectivity index is 1.50. The van der Waals surface area contributed by atoms with E-state index in [0.29, 0.717) is 0 Å². The second-order valence-electron chi connectivity index (χ2n) is 7.44. The summed E-state index contributed by atoms with van der Waals surface area (Å²) in [7, 11) is 0. The van der Waals surface area contributed by atoms with E-state index in [4.69, 9.17) is 0 Å². The maximum Gasteiger partial charge on any atom is -0.0105 e. The highest BCUT2D eigenvalue weighted by Gasteiger charge is 2.07. The van der Waals surface area contributed by atoms with Crippen molar-refractivity contribution in [2.45, 2.75) is 0 Å². The first kappa shape index (κ1) is 18.1. The van der Waals surface area contributed by atoms with Crippen LogP contribution in [0.15, 0.2) is 133 Å². The van der Waals surface area contributed by atoms with Crippen molar-refractivity contribution in [3.8, 4) is 44.5 Å². The zero-order valence-electron chi connectivity index (χ0n) is 16.7. The summed E-state index contributed by atoms with van der Waals surface area (Å²) in [5.41, 5.74) is 9.95. The third-order valence-electron chi connectivity index (χ3n) is 5.51. The van der Waals surface area contributed by atoms with Crippen LogP contribution in [0.25, 0.3) is 44.5 Å². The van der Waals surface area contributed by atoms with Crippen LogP contribution < -0.4 is 0 Å². The fourth-order valence-electron chi connectivity index (χ4n) is 3.96. The Hall–Kier alpha value is -3.90. The first-order chi connectivity index (χ1) is 14.9. The van der Waals surface area contributed by atoms with E-state index in [9.17, 15) is 0 Å². The molecule has 0 radical (unpaired) electrons. The largest absolute Gasteiger partial charge is 0.0622 e. The Kier molecular flexibility index (Phi) is 4.98. The zero-order chi connectivity index (χ0) is 20.2. The molecule has 0 aliphatic rings. The van der Waals surface area contributed by atoms with Crippen LogP contribution >= 0.6 is 0 Å². The van der Waals surface area contributed by atoms with E-state index in [-0.39, 0.29) is 0 Å². The summed E-state index contributed by atoms with van der Waals surface area (Å²) < 4.78 is 0. The Morgan fingerprint density at radius 1 is 0.233 bits per heavy atom. The fourth-order valence-corrected chi connectivity index (χ4v) is 3.96. The third-order valence-corrected chi connectivity index (χ3v) is 5.51. The van der Waals surface area contributed by atoms with Crippen molar-refractivity contribution in [3.63, 3.8) is 0 Å². The van der Waals surface area contributed by atoms with Crippen LogP contribution in [-0.2, 0) is 0 Å². The molecule has 0 amide bonds. The molecule has 30 heavy (non-hydrogen) atoms. The van der Waals surface area contributed by atoms with E-state index >= 15 is 0 Å². The average Bonchev–Trinajstić information content (AvgIpc) is 2.85. The van der Waals surface area contributed by atoms with Gasteiger partial charge in [-0.05, 0) is 50.6 Å². The number of hydrogen-bond acceptors (Lipinski definition) is 0. The molecule has 0 bridgehead atoms. The minimum absolute atomic E-state index is 1.23. The summed E-state index contributed by atoms with van der Waals surface area (Å²) in [6, 6.07) is 47.4. The van der Waals surface area contributed by atoms with Gasteiger partial charge >= 0.3 is 0 Å². The Morgan fingerprint density at radius 3 is 1.17 bits per heavy atom. The van der Waals surface area contributed by atoms with Gasteiger partial charge < -0.3 is 0 Å². The number of rotatable bonds is 4. The highest BCUT2D eigenvalue weighted by atomic mass is 14.1. The van der Waals surface area contributed by atoms with Gasteiger partial charge in [-0.15, -0.1) is 0 Å². The summed E-state index contributed by atoms with van der Waals surface area (Å²) in [5, 5.41) is 0. The first-order valence-electron chi connectivity index (χ1n) is 10.3. The minimum atomic E-state index is 1.23. The molecule has 5 rings (SSSR count). The van der Waals surface area contributed by atoms with Gasteiger partial charge in [0.2, 0.25) is 0 Å². The van der Waals surface area contributed by atoms with Crippen molar-refractivity contribution < 1.29 is 0 Å². The highest BCUT2D eigenvalue weighted by Crippen LogP contribution is 2.33. The molecular weight excluding hydrogens is 360 g/mol. The normalized spacial score (nSPS) is 10.7. The van der Waals surface area contributed by atoms with Crippen LogP contribution in [0.3, 0.4) is 0 Å². The van der Waals surface area contributed by atoms with Crippen molar-refractivity contribution in [1.82, 2.24) is 0 Å². The van der Waals surface area contributed by atoms with Gasteiger partial charge in [-0.25, -0.2) is 0 Å². The van der Waals surface area contributed by atoms with Crippen molar-refractivity contribution >= 4 is 0 Å². The molecule has 0 atom stereocenters. The van der Waals surface area contributed by atoms with E-state index < -0.39 is 0 Å². The lowest BCUT2D eigenvalue weighted by Gasteiger charge is -2.11. The summed E-state index contributed by atoms with van der Waals surface area (Å²) in [4.78, 5) is 0. The molecule has 5 aromatic carbocycles. The summed E-state index contributed by atoms with van der Waals surface area (Å²) in [6.45, 7) is 0. The third kappa shape index (κ3) is 3.68. The van der Waals surface area contributed by atoms with Gasteiger partial charge in [-0.3, -0.25) is 0 Å². The van der Waals surface area contributed by atoms with Gasteiger partial charge in [0.25, 0.3) is 0 Å². The minimum Gasteiger partial charge on any atom is -0.0622 e. The Morgan fingerprint density at radius 2 is 0.600 bits per heavy atom. The van der Waals surface area contributed by atoms with E-state index in [1.807, 2.05) is 0 Å². The summed E-state index contributed by atoms with van der Waals surface area (Å²) in [6.07, 6.45) is 0. The molecule has 0 saturated heterocycles. The van der Waals surface area contributed by atoms with E-state index in [2.05, 4.69) is 133 Å². The first-order valence-corrected chi connectivity index (χ1v) is 10.3. The topological polar surface area (TPSA) is 0 Å². The molecule has 142 valence electrons. The van der Waals surface area contributed by atoms with Gasteiger partial charge in [-0.1, -0.05) is 127 Å². The summed E-state index contributed by atoms with van der Waals surface area (Å²) >= 11 is 0. The van der Waals surface area contributed by atoms with E-state index in [0.717, 1.165) is 0 Å². The van der Waals surface area contributed by atoms with Crippen LogP contribution in [0.5, 0.6) is 0 Å². The second kappa shape index (κ2) is 8.23. The average molecular weight is 383 g/mol. The quantitative estimate of drug-likeness (QED) is 0.293. The molecule has 0 N–H and O–H groups in total. The van der Waals surface area contributed by atoms with Crippen LogP contribution in [0.2, 0.25) is 0 Å². The molecular formula is C30H22. The maximum atomic E-state index is 2.27. The highest BCUT2D eigenvalue weighted by molar-refractivity contribution is 5.84. The van der Waals surface area contributed by atoms with Gasteiger partial charge in [-0.2, -0.15) is 0 Å². The van der Waals surface area contributed by atoms with Crippen molar-refractivity contribution in [1.29, 1.82) is 0 Å². The van der Waals surface area contributed by atoms with Crippen LogP contribution in [-0.4, -0.2) is 0 Å². The lowest BCUT2D eigenvalue weighted by atomic mass is 9.93. The van der Waals surface area contributed by atoms with Crippen LogP contribution in [0.4, 0.5) is 0 Å². The molecule has 0 fully saturated rings. The SMILES string of the molecule is c1ccc(-c2cccc(-c3ccc(-c4ccccc4-c4ccccc4)cc3)c2)cc1. The van der Waals surface area contributed by atoms with Crippen LogP contribution in [0.1, 0.15) is 0 Å². The van der Waals surface area contributed by atoms with Crippen molar-refractivity contribution in [2.75, 3.05) is 0 Å². The van der Waals surface area contributed by atoms with Gasteiger partial charge in [0, 0.05) is 0 Å². The van der Waals surface area contributed by atoms with Crippen LogP contribution in [0, 0.1) is 0 Å². The summed E-state index contributed by atoms with van der Waals surface area (Å²) in [5.74, 6) is 0. The molecule has 5 aromatic rings. The van der Waals surface area contributed by atoms with Crippen molar-refractivity contribution in [3.05, 3.63) is 133 Å². The predicted octanol–water partition coefficient (Wildman–Crippen LogP) is 8.35. The zero-order valence-corrected chi connectivity index (χ0v) is 16.7. The van der Waals surface area contributed by atoms with Gasteiger partial charge in [0.05, 0.1) is 0 Å². The molecule has 0 aromatic heterocycles. The fraction of sp³-hybridized carbons (Fsp3) is 0. The number of benzene rings is 5. The van der Waals surface area contributed by atoms with Gasteiger partial charge in [0.15, 0.2) is 0 Å². The lowest BCUT2D eigenvalue weighted by molar-refractivity contribution is 1.56. The molecule has 0 nitrogen and oxygen atoms in total. The van der Waals surface area contributed by atoms with Gasteiger partial charge in [0.1, 0.15) is 0 Å². The molecule has 0 unspecified atom stereocenters. The number of hydrogen-bond donors (Lipinski definition) is 0. The maximum absolute atomic E-state index is 2.27. The van der Waals surface area contributed by atoms with E-state index in [1.165, 1.54) is 44.5 Å². The smallest absolute Gasteiger partial charge is 0.0105 e. The standard InChI is InChI=1S/C30H22/c1-3-10-23(11-4-1)27-14-9-15-28(22-27)24-18-20-26(21-19-24)30-17-8-7-16-29(30)25-12-5-2-6-13-25/h1-22H. The monoisotopic (exact) mass is 382 g/mol. The molecule has 0 heterocycles. The van der Waals surface area contributed by atoms with Crippen molar-refractivity contribution in [2.24, 2.45) is 0 Å². The second-order valence-corrected chi connectivity index (χ2v) is 7.44. The molecule has 0 aliphatic heterocycles. The predicted molar refractivity (Wildman–Crippen MR) is 128 cm³/mol. The molecule has 0 heteroatoms. The Labute approximate surface area is 178 Å². The lowest BCUT2D eigenvalue weighted by Crippen LogP contribution is -1.86. The molecule has 0 spiro atoms.